The fraction of sp³-hybridized carbons (Fsp3) is 0.667. The maximum absolute atomic E-state index is 11.1. The largest absolute Gasteiger partial charge is 0.354 e. The Labute approximate surface area is 128 Å². The molecule has 0 aromatic carbocycles. The summed E-state index contributed by atoms with van der Waals surface area (Å²) in [5, 5.41) is 0. The van der Waals surface area contributed by atoms with E-state index in [0.717, 1.165) is 32.2 Å². The van der Waals surface area contributed by atoms with Gasteiger partial charge in [-0.15, -0.1) is 0 Å². The lowest BCUT2D eigenvalue weighted by Crippen LogP contribution is -2.24. The van der Waals surface area contributed by atoms with E-state index in [1.165, 1.54) is 11.1 Å². The Hall–Kier alpha value is -0.230. The zero-order chi connectivity index (χ0) is 15.4. The standard InChI is InChI=1S/C15H29NO2P2/c1-13(9-6-11-16(4)15(3)17)7-5-8-14(2)10-12-18-20-19/h7,10,20H,5-6,8-9,11-12,19H2,1-4H3/b13-7+,14-10+. The van der Waals surface area contributed by atoms with Crippen LogP contribution >= 0.6 is 17.4 Å². The molecule has 0 saturated heterocycles. The minimum Gasteiger partial charge on any atom is -0.354 e. The van der Waals surface area contributed by atoms with E-state index in [0.29, 0.717) is 15.1 Å². The van der Waals surface area contributed by atoms with Crippen molar-refractivity contribution < 1.29 is 9.32 Å². The van der Waals surface area contributed by atoms with Crippen molar-refractivity contribution in [1.29, 1.82) is 0 Å². The van der Waals surface area contributed by atoms with E-state index >= 15 is 0 Å². The highest BCUT2D eigenvalue weighted by atomic mass is 32.0. The van der Waals surface area contributed by atoms with E-state index in [9.17, 15) is 4.79 Å². The van der Waals surface area contributed by atoms with Crippen LogP contribution in [0.3, 0.4) is 0 Å². The first-order valence-electron chi connectivity index (χ1n) is 7.07. The fourth-order valence-electron chi connectivity index (χ4n) is 1.73. The normalized spacial score (nSPS) is 13.2. The highest BCUT2D eigenvalue weighted by Crippen LogP contribution is 2.21. The van der Waals surface area contributed by atoms with E-state index in [1.807, 2.05) is 7.05 Å². The van der Waals surface area contributed by atoms with Gasteiger partial charge in [-0.3, -0.25) is 4.79 Å². The van der Waals surface area contributed by atoms with Crippen LogP contribution in [0.4, 0.5) is 0 Å². The lowest BCUT2D eigenvalue weighted by atomic mass is 10.1. The van der Waals surface area contributed by atoms with Crippen LogP contribution in [0.1, 0.15) is 46.5 Å². The van der Waals surface area contributed by atoms with Gasteiger partial charge in [0.2, 0.25) is 5.91 Å². The number of allylic oxidation sites excluding steroid dienone is 3. The molecule has 0 radical (unpaired) electrons. The third-order valence-electron chi connectivity index (χ3n) is 3.23. The van der Waals surface area contributed by atoms with E-state index in [4.69, 9.17) is 4.52 Å². The molecule has 0 aromatic heterocycles. The summed E-state index contributed by atoms with van der Waals surface area (Å²) in [7, 11) is 4.92. The molecule has 2 unspecified atom stereocenters. The third-order valence-corrected chi connectivity index (χ3v) is 4.07. The van der Waals surface area contributed by atoms with Crippen molar-refractivity contribution in [3.8, 4) is 0 Å². The molecule has 0 heterocycles. The minimum atomic E-state index is 0.140. The first-order chi connectivity index (χ1) is 9.47. The number of carbonyl (C=O) groups is 1. The molecule has 20 heavy (non-hydrogen) atoms. The van der Waals surface area contributed by atoms with Crippen molar-refractivity contribution in [2.75, 3.05) is 20.2 Å². The summed E-state index contributed by atoms with van der Waals surface area (Å²) in [5.74, 6) is 0.140. The Balaban J connectivity index is 3.80. The van der Waals surface area contributed by atoms with Crippen molar-refractivity contribution in [3.63, 3.8) is 0 Å². The van der Waals surface area contributed by atoms with Crippen LogP contribution in [0.15, 0.2) is 23.3 Å². The van der Waals surface area contributed by atoms with Gasteiger partial charge in [0.25, 0.3) is 0 Å². The molecule has 116 valence electrons. The van der Waals surface area contributed by atoms with Gasteiger partial charge in [0, 0.05) is 29.0 Å². The van der Waals surface area contributed by atoms with Crippen LogP contribution in [-0.4, -0.2) is 31.0 Å². The van der Waals surface area contributed by atoms with Crippen LogP contribution in [-0.2, 0) is 9.32 Å². The molecule has 0 saturated carbocycles. The first kappa shape index (κ1) is 19.8. The second kappa shape index (κ2) is 12.5. The Morgan fingerprint density at radius 3 is 2.45 bits per heavy atom. The number of hydrogen-bond donors (Lipinski definition) is 0. The zero-order valence-corrected chi connectivity index (χ0v) is 15.4. The molecule has 2 atom stereocenters. The Morgan fingerprint density at radius 1 is 1.20 bits per heavy atom. The summed E-state index contributed by atoms with van der Waals surface area (Å²) < 4.78 is 5.29. The van der Waals surface area contributed by atoms with E-state index in [-0.39, 0.29) is 5.91 Å². The second-order valence-corrected chi connectivity index (χ2v) is 6.34. The summed E-state index contributed by atoms with van der Waals surface area (Å²) in [5.41, 5.74) is 2.80. The Kier molecular flexibility index (Phi) is 12.4. The van der Waals surface area contributed by atoms with Crippen LogP contribution in [0.2, 0.25) is 0 Å². The van der Waals surface area contributed by atoms with Crippen LogP contribution in [0.25, 0.3) is 0 Å². The lowest BCUT2D eigenvalue weighted by Gasteiger charge is -2.14. The molecule has 3 nitrogen and oxygen atoms in total. The molecule has 0 fully saturated rings. The summed E-state index contributed by atoms with van der Waals surface area (Å²) in [6, 6.07) is 0. The lowest BCUT2D eigenvalue weighted by molar-refractivity contribution is -0.127. The van der Waals surface area contributed by atoms with Crippen LogP contribution in [0.5, 0.6) is 0 Å². The number of nitrogens with zero attached hydrogens (tertiary/aromatic N) is 1. The molecule has 0 aliphatic heterocycles. The molecule has 0 aromatic rings. The van der Waals surface area contributed by atoms with Gasteiger partial charge in [-0.1, -0.05) is 32.2 Å². The first-order valence-corrected chi connectivity index (χ1v) is 9.79. The summed E-state index contributed by atoms with van der Waals surface area (Å²) >= 11 is 0. The molecular formula is C15H29NO2P2. The van der Waals surface area contributed by atoms with Crippen molar-refractivity contribution in [2.45, 2.75) is 46.5 Å². The van der Waals surface area contributed by atoms with Gasteiger partial charge < -0.3 is 9.42 Å². The fourth-order valence-corrected chi connectivity index (χ4v) is 2.20. The molecule has 0 rings (SSSR count). The smallest absolute Gasteiger partial charge is 0.219 e. The van der Waals surface area contributed by atoms with Gasteiger partial charge >= 0.3 is 0 Å². The molecule has 0 bridgehead atoms. The molecular weight excluding hydrogens is 288 g/mol. The van der Waals surface area contributed by atoms with Crippen molar-refractivity contribution in [3.05, 3.63) is 23.3 Å². The van der Waals surface area contributed by atoms with Crippen molar-refractivity contribution >= 4 is 23.3 Å². The monoisotopic (exact) mass is 317 g/mol. The van der Waals surface area contributed by atoms with E-state index in [1.54, 1.807) is 11.8 Å². The second-order valence-electron chi connectivity index (χ2n) is 5.11. The number of amides is 1. The van der Waals surface area contributed by atoms with Crippen LogP contribution < -0.4 is 0 Å². The SMILES string of the molecule is CC(=O)N(C)CCC/C(C)=C/CC/C(C)=C/COPP. The summed E-state index contributed by atoms with van der Waals surface area (Å²) in [6.07, 6.45) is 8.74. The van der Waals surface area contributed by atoms with Gasteiger partial charge in [-0.2, -0.15) is 0 Å². The average molecular weight is 317 g/mol. The maximum Gasteiger partial charge on any atom is 0.219 e. The number of rotatable bonds is 10. The molecule has 5 heteroatoms. The van der Waals surface area contributed by atoms with Crippen LogP contribution in [0, 0.1) is 0 Å². The van der Waals surface area contributed by atoms with E-state index in [2.05, 4.69) is 34.9 Å². The number of carbonyl (C=O) groups excluding carboxylic acids is 1. The predicted molar refractivity (Wildman–Crippen MR) is 93.3 cm³/mol. The highest BCUT2D eigenvalue weighted by Gasteiger charge is 2.01. The topological polar surface area (TPSA) is 29.5 Å². The Morgan fingerprint density at radius 2 is 1.85 bits per heavy atom. The molecule has 0 N–H and O–H groups in total. The third kappa shape index (κ3) is 11.6. The predicted octanol–water partition coefficient (Wildman–Crippen LogP) is 4.32. The molecule has 0 spiro atoms. The Bertz CT molecular complexity index is 341. The van der Waals surface area contributed by atoms with Crippen molar-refractivity contribution in [2.24, 2.45) is 0 Å². The number of hydrogen-bond acceptors (Lipinski definition) is 2. The van der Waals surface area contributed by atoms with Gasteiger partial charge in [-0.05, 0) is 39.5 Å². The van der Waals surface area contributed by atoms with Gasteiger partial charge in [0.1, 0.15) is 0 Å². The highest BCUT2D eigenvalue weighted by molar-refractivity contribution is 8.00. The van der Waals surface area contributed by atoms with Crippen molar-refractivity contribution in [1.82, 2.24) is 4.90 Å². The minimum absolute atomic E-state index is 0.140. The molecule has 0 aliphatic rings. The average Bonchev–Trinajstić information content (AvgIpc) is 2.38. The quantitative estimate of drug-likeness (QED) is 0.341. The van der Waals surface area contributed by atoms with Gasteiger partial charge in [0.05, 0.1) is 6.61 Å². The van der Waals surface area contributed by atoms with Gasteiger partial charge in [0.15, 0.2) is 0 Å². The maximum atomic E-state index is 11.1. The molecule has 1 amide bonds. The van der Waals surface area contributed by atoms with Gasteiger partial charge in [-0.25, -0.2) is 0 Å². The zero-order valence-electron chi connectivity index (χ0n) is 13.2. The summed E-state index contributed by atoms with van der Waals surface area (Å²) in [4.78, 5) is 12.8. The van der Waals surface area contributed by atoms with E-state index < -0.39 is 0 Å². The summed E-state index contributed by atoms with van der Waals surface area (Å²) in [6.45, 7) is 7.49. The molecule has 0 aliphatic carbocycles.